The van der Waals surface area contributed by atoms with Gasteiger partial charge in [-0.05, 0) is 49.2 Å². The fourth-order valence-corrected chi connectivity index (χ4v) is 4.57. The number of carbonyl (C=O) groups is 2. The number of halogens is 2. The molecule has 2 aromatic carbocycles. The zero-order chi connectivity index (χ0) is 25.6. The molecule has 2 atom stereocenters. The molecule has 1 fully saturated rings. The number of benzene rings is 2. The van der Waals surface area contributed by atoms with E-state index in [1.54, 1.807) is 41.3 Å². The summed E-state index contributed by atoms with van der Waals surface area (Å²) in [6.07, 6.45) is 1.57. The highest BCUT2D eigenvalue weighted by Crippen LogP contribution is 2.50. The topological polar surface area (TPSA) is 100 Å². The van der Waals surface area contributed by atoms with Crippen molar-refractivity contribution < 1.29 is 23.1 Å². The van der Waals surface area contributed by atoms with Gasteiger partial charge in [0.15, 0.2) is 0 Å². The van der Waals surface area contributed by atoms with Crippen LogP contribution in [0.15, 0.2) is 48.7 Å². The first-order chi connectivity index (χ1) is 17.2. The molecule has 10 heteroatoms. The molecule has 2 heterocycles. The Kier molecular flexibility index (Phi) is 5.71. The molecular formula is C26H23F2N5O3. The molecule has 1 aliphatic carbocycles. The molecule has 0 saturated heterocycles. The number of nitrogens with one attached hydrogen (secondary N) is 1. The molecule has 184 valence electrons. The maximum Gasteiger partial charge on any atom is 0.277 e. The van der Waals surface area contributed by atoms with Crippen molar-refractivity contribution in [2.75, 3.05) is 17.3 Å². The van der Waals surface area contributed by atoms with Gasteiger partial charge in [-0.1, -0.05) is 12.1 Å². The molecule has 1 N–H and O–H groups in total. The first-order valence-corrected chi connectivity index (χ1v) is 11.5. The zero-order valence-electron chi connectivity index (χ0n) is 19.7. The van der Waals surface area contributed by atoms with Crippen LogP contribution in [0.2, 0.25) is 0 Å². The first kappa shape index (κ1) is 23.5. The van der Waals surface area contributed by atoms with Crippen LogP contribution in [0.5, 0.6) is 5.75 Å². The van der Waals surface area contributed by atoms with E-state index in [0.717, 1.165) is 5.56 Å². The minimum Gasteiger partial charge on any atom is -0.495 e. The van der Waals surface area contributed by atoms with Crippen LogP contribution in [0, 0.1) is 17.2 Å². The number of hydrogen-bond donors (Lipinski definition) is 1. The molecule has 1 saturated carbocycles. The molecule has 1 unspecified atom stereocenters. The quantitative estimate of drug-likeness (QED) is 0.555. The number of anilines is 2. The number of aromatic nitrogens is 2. The van der Waals surface area contributed by atoms with Gasteiger partial charge in [0, 0.05) is 23.7 Å². The maximum atomic E-state index is 13.5. The molecule has 5 rings (SSSR count). The predicted octanol–water partition coefficient (Wildman–Crippen LogP) is 4.26. The fourth-order valence-electron chi connectivity index (χ4n) is 4.57. The van der Waals surface area contributed by atoms with Crippen molar-refractivity contribution in [3.05, 3.63) is 71.0 Å². The Morgan fingerprint density at radius 3 is 2.64 bits per heavy atom. The summed E-state index contributed by atoms with van der Waals surface area (Å²) in [5.41, 5.74) is 2.31. The van der Waals surface area contributed by atoms with Gasteiger partial charge < -0.3 is 15.0 Å². The minimum atomic E-state index is -2.58. The summed E-state index contributed by atoms with van der Waals surface area (Å²) in [6, 6.07) is 13.5. The van der Waals surface area contributed by atoms with Gasteiger partial charge in [-0.15, -0.1) is 0 Å². The molecule has 0 radical (unpaired) electrons. The third-order valence-corrected chi connectivity index (χ3v) is 6.61. The van der Waals surface area contributed by atoms with Crippen molar-refractivity contribution in [3.63, 3.8) is 0 Å². The molecule has 2 amide bonds. The summed E-state index contributed by atoms with van der Waals surface area (Å²) in [7, 11) is 1.45. The number of amides is 2. The van der Waals surface area contributed by atoms with Crippen molar-refractivity contribution >= 4 is 23.2 Å². The second-order valence-corrected chi connectivity index (χ2v) is 9.13. The van der Waals surface area contributed by atoms with E-state index in [9.17, 15) is 23.6 Å². The first-order valence-electron chi connectivity index (χ1n) is 11.5. The van der Waals surface area contributed by atoms with Gasteiger partial charge in [0.05, 0.1) is 37.0 Å². The summed E-state index contributed by atoms with van der Waals surface area (Å²) in [4.78, 5) is 28.2. The van der Waals surface area contributed by atoms with E-state index in [1.165, 1.54) is 24.1 Å². The van der Waals surface area contributed by atoms with Crippen LogP contribution in [0.4, 0.5) is 20.2 Å². The van der Waals surface area contributed by atoms with Gasteiger partial charge in [0.1, 0.15) is 17.5 Å². The maximum absolute atomic E-state index is 13.5. The van der Waals surface area contributed by atoms with Gasteiger partial charge in [0.25, 0.3) is 17.7 Å². The lowest BCUT2D eigenvalue weighted by Gasteiger charge is -2.34. The van der Waals surface area contributed by atoms with Crippen LogP contribution < -0.4 is 15.0 Å². The second-order valence-electron chi connectivity index (χ2n) is 9.13. The number of ether oxygens (including phenoxy) is 1. The lowest BCUT2D eigenvalue weighted by Crippen LogP contribution is -2.47. The molecular weight excluding hydrogens is 468 g/mol. The Labute approximate surface area is 206 Å². The average Bonchev–Trinajstić information content (AvgIpc) is 3.24. The van der Waals surface area contributed by atoms with Gasteiger partial charge in [-0.25, -0.2) is 8.78 Å². The number of fused-ring (bicyclic) bond motifs is 1. The number of carbonyl (C=O) groups excluding carboxylic acids is 2. The number of rotatable bonds is 6. The molecule has 0 bridgehead atoms. The monoisotopic (exact) mass is 491 g/mol. The van der Waals surface area contributed by atoms with Crippen molar-refractivity contribution in [2.24, 2.45) is 5.92 Å². The third-order valence-electron chi connectivity index (χ3n) is 6.61. The zero-order valence-corrected chi connectivity index (χ0v) is 19.7. The normalized spacial score (nSPS) is 19.9. The third kappa shape index (κ3) is 4.17. The van der Waals surface area contributed by atoms with E-state index >= 15 is 0 Å². The Balaban J connectivity index is 1.37. The predicted molar refractivity (Wildman–Crippen MR) is 127 cm³/mol. The Bertz CT molecular complexity index is 1390. The van der Waals surface area contributed by atoms with Crippen molar-refractivity contribution in [3.8, 4) is 11.8 Å². The van der Waals surface area contributed by atoms with E-state index in [1.807, 2.05) is 13.0 Å². The molecule has 3 aromatic rings. The van der Waals surface area contributed by atoms with Gasteiger partial charge in [0.2, 0.25) is 0 Å². The van der Waals surface area contributed by atoms with Crippen LogP contribution in [-0.4, -0.2) is 40.7 Å². The van der Waals surface area contributed by atoms with Gasteiger partial charge in [-0.3, -0.25) is 14.3 Å². The summed E-state index contributed by atoms with van der Waals surface area (Å²) >= 11 is 0. The lowest BCUT2D eigenvalue weighted by atomic mass is 10.1. The van der Waals surface area contributed by atoms with Crippen molar-refractivity contribution in [1.82, 2.24) is 9.78 Å². The van der Waals surface area contributed by atoms with Crippen LogP contribution in [-0.2, 0) is 13.0 Å². The van der Waals surface area contributed by atoms with Crippen molar-refractivity contribution in [1.29, 1.82) is 5.26 Å². The number of nitriles is 1. The summed E-state index contributed by atoms with van der Waals surface area (Å²) in [5, 5.41) is 16.2. The lowest BCUT2D eigenvalue weighted by molar-refractivity contribution is 0.0933. The highest BCUT2D eigenvalue weighted by atomic mass is 19.3. The van der Waals surface area contributed by atoms with E-state index in [2.05, 4.69) is 10.4 Å². The Morgan fingerprint density at radius 2 is 2.00 bits per heavy atom. The van der Waals surface area contributed by atoms with Gasteiger partial charge >= 0.3 is 0 Å². The number of methoxy groups -OCH3 is 1. The van der Waals surface area contributed by atoms with Crippen molar-refractivity contribution in [2.45, 2.75) is 38.3 Å². The van der Waals surface area contributed by atoms with Crippen LogP contribution in [0.3, 0.4) is 0 Å². The molecule has 36 heavy (non-hydrogen) atoms. The van der Waals surface area contributed by atoms with E-state index in [4.69, 9.17) is 4.74 Å². The standard InChI is InChI=1S/C26H23F2N5O3/c1-15-14-32-23(21(13-30-32)24(34)31-19-5-8-22(36-2)17(10-19)12-29)25(35)33(15)20-6-3-16(4-7-20)9-18-11-26(18,27)28/h3-8,10,13,15,18H,9,11,14H2,1-2H3,(H,31,34)/t15-,18?/m0/s1. The number of nitrogens with zero attached hydrogens (tertiary/aromatic N) is 4. The van der Waals surface area contributed by atoms with Crippen LogP contribution in [0.1, 0.15) is 45.3 Å². The van der Waals surface area contributed by atoms with E-state index < -0.39 is 17.7 Å². The second kappa shape index (κ2) is 8.75. The molecule has 2 aliphatic rings. The summed E-state index contributed by atoms with van der Waals surface area (Å²) < 4.78 is 33.2. The fraction of sp³-hybridized carbons (Fsp3) is 0.308. The van der Waals surface area contributed by atoms with Crippen LogP contribution >= 0.6 is 0 Å². The summed E-state index contributed by atoms with van der Waals surface area (Å²) in [6.45, 7) is 2.26. The molecule has 0 spiro atoms. The number of hydrogen-bond acceptors (Lipinski definition) is 5. The average molecular weight is 491 g/mol. The molecule has 1 aromatic heterocycles. The highest BCUT2D eigenvalue weighted by Gasteiger charge is 2.56. The smallest absolute Gasteiger partial charge is 0.277 e. The molecule has 8 nitrogen and oxygen atoms in total. The Hall–Kier alpha value is -4.26. The molecule has 1 aliphatic heterocycles. The largest absolute Gasteiger partial charge is 0.495 e. The summed E-state index contributed by atoms with van der Waals surface area (Å²) in [5.74, 6) is -3.73. The number of alkyl halides is 2. The highest BCUT2D eigenvalue weighted by molar-refractivity contribution is 6.15. The van der Waals surface area contributed by atoms with Crippen LogP contribution in [0.25, 0.3) is 0 Å². The van der Waals surface area contributed by atoms with Gasteiger partial charge in [-0.2, -0.15) is 10.4 Å². The van der Waals surface area contributed by atoms with E-state index in [0.29, 0.717) is 30.1 Å². The Morgan fingerprint density at radius 1 is 1.28 bits per heavy atom. The van der Waals surface area contributed by atoms with E-state index in [-0.39, 0.29) is 35.2 Å². The minimum absolute atomic E-state index is 0.0838. The SMILES string of the molecule is COc1ccc(NC(=O)c2cnn3c2C(=O)N(c2ccc(CC4CC4(F)F)cc2)[C@@H](C)C3)cc1C#N.